The van der Waals surface area contributed by atoms with Crippen LogP contribution in [0.3, 0.4) is 0 Å². The van der Waals surface area contributed by atoms with E-state index in [4.69, 9.17) is 9.47 Å². The first-order chi connectivity index (χ1) is 12.2. The van der Waals surface area contributed by atoms with Crippen molar-refractivity contribution in [3.63, 3.8) is 0 Å². The van der Waals surface area contributed by atoms with Gasteiger partial charge in [0.15, 0.2) is 0 Å². The number of esters is 1. The number of carbonyl (C=O) groups is 2. The van der Waals surface area contributed by atoms with Gasteiger partial charge in [-0.25, -0.2) is 9.59 Å². The van der Waals surface area contributed by atoms with Crippen LogP contribution >= 0.6 is 0 Å². The highest BCUT2D eigenvalue weighted by atomic mass is 16.6. The summed E-state index contributed by atoms with van der Waals surface area (Å²) in [6.07, 6.45) is 4.55. The normalized spacial score (nSPS) is 27.0. The van der Waals surface area contributed by atoms with Gasteiger partial charge in [0.25, 0.3) is 0 Å². The molecule has 2 heterocycles. The number of amides is 1. The molecule has 7 heteroatoms. The minimum absolute atomic E-state index is 0.0249. The van der Waals surface area contributed by atoms with Gasteiger partial charge in [-0.2, -0.15) is 5.10 Å². The van der Waals surface area contributed by atoms with Crippen LogP contribution in [0.15, 0.2) is 18.8 Å². The Hall–Kier alpha value is -2.31. The van der Waals surface area contributed by atoms with Crippen LogP contribution in [0.4, 0.5) is 4.79 Å². The number of hydrogen-bond acceptors (Lipinski definition) is 5. The highest BCUT2D eigenvalue weighted by Crippen LogP contribution is 2.60. The largest absolute Gasteiger partial charge is 0.464 e. The number of hydrogen-bond donors (Lipinski definition) is 0. The average molecular weight is 361 g/mol. The molecule has 1 aromatic heterocycles. The van der Waals surface area contributed by atoms with E-state index in [1.54, 1.807) is 17.9 Å². The van der Waals surface area contributed by atoms with Crippen LogP contribution in [0.25, 0.3) is 6.08 Å². The van der Waals surface area contributed by atoms with Crippen molar-refractivity contribution >= 4 is 18.1 Å². The van der Waals surface area contributed by atoms with E-state index in [9.17, 15) is 9.59 Å². The summed E-state index contributed by atoms with van der Waals surface area (Å²) >= 11 is 0. The Morgan fingerprint density at radius 2 is 2.15 bits per heavy atom. The van der Waals surface area contributed by atoms with Crippen molar-refractivity contribution in [1.82, 2.24) is 14.7 Å². The van der Waals surface area contributed by atoms with E-state index >= 15 is 0 Å². The maximum atomic E-state index is 12.7. The van der Waals surface area contributed by atoms with Crippen LogP contribution < -0.4 is 0 Å². The smallest absolute Gasteiger partial charge is 0.411 e. The van der Waals surface area contributed by atoms with Gasteiger partial charge in [0.2, 0.25) is 0 Å². The molecule has 7 nitrogen and oxygen atoms in total. The zero-order chi connectivity index (χ0) is 19.1. The highest BCUT2D eigenvalue weighted by Gasteiger charge is 2.68. The number of likely N-dealkylation sites (tertiary alicyclic amines) is 1. The van der Waals surface area contributed by atoms with Gasteiger partial charge in [0.1, 0.15) is 11.6 Å². The van der Waals surface area contributed by atoms with E-state index in [0.29, 0.717) is 13.0 Å². The third-order valence-corrected chi connectivity index (χ3v) is 4.93. The Morgan fingerprint density at radius 3 is 2.73 bits per heavy atom. The van der Waals surface area contributed by atoms with E-state index in [2.05, 4.69) is 11.7 Å². The first-order valence-electron chi connectivity index (χ1n) is 9.03. The van der Waals surface area contributed by atoms with E-state index in [1.807, 2.05) is 37.7 Å². The van der Waals surface area contributed by atoms with Crippen molar-refractivity contribution in [3.05, 3.63) is 24.5 Å². The predicted octanol–water partition coefficient (Wildman–Crippen LogP) is 2.86. The maximum Gasteiger partial charge on any atom is 0.411 e. The molecule has 1 aromatic rings. The summed E-state index contributed by atoms with van der Waals surface area (Å²) in [5.41, 5.74) is 0.0401. The fourth-order valence-electron chi connectivity index (χ4n) is 3.78. The molecule has 0 radical (unpaired) electrons. The summed E-state index contributed by atoms with van der Waals surface area (Å²) in [4.78, 5) is 26.7. The van der Waals surface area contributed by atoms with E-state index in [-0.39, 0.29) is 24.0 Å². The van der Waals surface area contributed by atoms with Crippen molar-refractivity contribution in [1.29, 1.82) is 0 Å². The molecule has 2 fully saturated rings. The monoisotopic (exact) mass is 361 g/mol. The Kier molecular flexibility index (Phi) is 4.58. The van der Waals surface area contributed by atoms with Gasteiger partial charge in [-0.1, -0.05) is 6.58 Å². The second kappa shape index (κ2) is 6.45. The first-order valence-corrected chi connectivity index (χ1v) is 9.03. The van der Waals surface area contributed by atoms with E-state index in [1.165, 1.54) is 0 Å². The lowest BCUT2D eigenvalue weighted by molar-refractivity contribution is -0.149. The third kappa shape index (κ3) is 3.48. The zero-order valence-corrected chi connectivity index (χ0v) is 15.9. The molecule has 0 unspecified atom stereocenters. The molecule has 0 spiro atoms. The summed E-state index contributed by atoms with van der Waals surface area (Å²) in [6.45, 7) is 11.9. The van der Waals surface area contributed by atoms with Crippen LogP contribution in [0.5, 0.6) is 0 Å². The van der Waals surface area contributed by atoms with Gasteiger partial charge in [-0.05, 0) is 52.7 Å². The number of piperidine rings is 1. The molecule has 0 N–H and O–H groups in total. The molecule has 1 saturated carbocycles. The highest BCUT2D eigenvalue weighted by molar-refractivity contribution is 5.83. The maximum absolute atomic E-state index is 12.7. The minimum atomic E-state index is -0.614. The van der Waals surface area contributed by atoms with Crippen LogP contribution in [-0.4, -0.2) is 51.0 Å². The number of carbonyl (C=O) groups excluding carboxylic acids is 2. The fourth-order valence-corrected chi connectivity index (χ4v) is 3.78. The van der Waals surface area contributed by atoms with Crippen molar-refractivity contribution in [3.8, 4) is 0 Å². The standard InChI is InChI=1S/C19H27N3O4/c1-6-13-8-9-21(20-13)12-19-10-14(16(23)25-7-2)22(15(19)11-19)17(24)26-18(3,4)5/h6,8-9,14-15H,1,7,10-12H2,2-5H3/t14-,15+,19-/m0/s1. The number of nitrogens with zero attached hydrogens (tertiary/aromatic N) is 3. The molecular weight excluding hydrogens is 334 g/mol. The molecule has 0 aromatic carbocycles. The van der Waals surface area contributed by atoms with Gasteiger partial charge in [0, 0.05) is 24.2 Å². The number of rotatable bonds is 5. The quantitative estimate of drug-likeness (QED) is 0.754. The van der Waals surface area contributed by atoms with Crippen molar-refractivity contribution < 1.29 is 19.1 Å². The molecule has 1 saturated heterocycles. The molecule has 3 atom stereocenters. The van der Waals surface area contributed by atoms with E-state index < -0.39 is 17.7 Å². The molecular formula is C19H27N3O4. The Balaban J connectivity index is 1.80. The fraction of sp³-hybridized carbons (Fsp3) is 0.632. The second-order valence-corrected chi connectivity index (χ2v) is 8.08. The minimum Gasteiger partial charge on any atom is -0.464 e. The Morgan fingerprint density at radius 1 is 1.42 bits per heavy atom. The number of fused-ring (bicyclic) bond motifs is 1. The van der Waals surface area contributed by atoms with Crippen LogP contribution in [-0.2, 0) is 20.8 Å². The lowest BCUT2D eigenvalue weighted by Gasteiger charge is -2.29. The molecule has 2 aliphatic rings. The van der Waals surface area contributed by atoms with E-state index in [0.717, 1.165) is 12.1 Å². The number of ether oxygens (including phenoxy) is 2. The molecule has 142 valence electrons. The lowest BCUT2D eigenvalue weighted by atomic mass is 9.99. The SMILES string of the molecule is C=Cc1ccn(C[C@@]23C[C@@H](C(=O)OCC)N(C(=O)OC(C)(C)C)[C@@H]2C3)n1. The van der Waals surface area contributed by atoms with Gasteiger partial charge in [-0.15, -0.1) is 0 Å². The molecule has 26 heavy (non-hydrogen) atoms. The van der Waals surface area contributed by atoms with Gasteiger partial charge >= 0.3 is 12.1 Å². The van der Waals surface area contributed by atoms with Crippen LogP contribution in [0, 0.1) is 5.41 Å². The zero-order valence-electron chi connectivity index (χ0n) is 15.9. The van der Waals surface area contributed by atoms with Crippen LogP contribution in [0.2, 0.25) is 0 Å². The predicted molar refractivity (Wildman–Crippen MR) is 96.3 cm³/mol. The molecule has 1 aliphatic carbocycles. The average Bonchev–Trinajstić information content (AvgIpc) is 2.91. The molecule has 3 rings (SSSR count). The van der Waals surface area contributed by atoms with Gasteiger partial charge < -0.3 is 9.47 Å². The summed E-state index contributed by atoms with van der Waals surface area (Å²) in [7, 11) is 0. The summed E-state index contributed by atoms with van der Waals surface area (Å²) in [5, 5.41) is 4.45. The van der Waals surface area contributed by atoms with Gasteiger partial charge in [0.05, 0.1) is 12.3 Å². The van der Waals surface area contributed by atoms with Crippen molar-refractivity contribution in [2.24, 2.45) is 5.41 Å². The van der Waals surface area contributed by atoms with Crippen LogP contribution in [0.1, 0.15) is 46.2 Å². The third-order valence-electron chi connectivity index (χ3n) is 4.93. The topological polar surface area (TPSA) is 73.7 Å². The first kappa shape index (κ1) is 18.5. The van der Waals surface area contributed by atoms with Crippen molar-refractivity contribution in [2.45, 2.75) is 64.8 Å². The molecule has 1 amide bonds. The Labute approximate surface area is 153 Å². The summed E-state index contributed by atoms with van der Waals surface area (Å²) in [5.74, 6) is -0.364. The van der Waals surface area contributed by atoms with Gasteiger partial charge in [-0.3, -0.25) is 9.58 Å². The Bertz CT molecular complexity index is 721. The molecule has 0 bridgehead atoms. The summed E-state index contributed by atoms with van der Waals surface area (Å²) < 4.78 is 12.6. The molecule has 1 aliphatic heterocycles. The second-order valence-electron chi connectivity index (χ2n) is 8.08. The summed E-state index contributed by atoms with van der Waals surface area (Å²) in [6, 6.07) is 1.27. The van der Waals surface area contributed by atoms with Crippen molar-refractivity contribution in [2.75, 3.05) is 6.61 Å². The lowest BCUT2D eigenvalue weighted by Crippen LogP contribution is -2.46. The number of aromatic nitrogens is 2.